The molecule has 0 aliphatic carbocycles. The van der Waals surface area contributed by atoms with Gasteiger partial charge in [0.15, 0.2) is 0 Å². The monoisotopic (exact) mass is 316 g/mol. The number of hydrogen-bond acceptors (Lipinski definition) is 2. The summed E-state index contributed by atoms with van der Waals surface area (Å²) in [5.41, 5.74) is 1.30. The second-order valence-corrected chi connectivity index (χ2v) is 5.74. The van der Waals surface area contributed by atoms with Crippen LogP contribution in [0.1, 0.15) is 28.3 Å². The van der Waals surface area contributed by atoms with E-state index in [0.717, 1.165) is 18.5 Å². The summed E-state index contributed by atoms with van der Waals surface area (Å²) in [5, 5.41) is 6.22. The Bertz CT molecular complexity index is 688. The molecule has 0 spiro atoms. The van der Waals surface area contributed by atoms with Crippen LogP contribution in [0.4, 0.5) is 8.78 Å². The zero-order valence-electron chi connectivity index (χ0n) is 12.6. The second kappa shape index (κ2) is 6.87. The van der Waals surface area contributed by atoms with E-state index in [2.05, 4.69) is 10.6 Å². The Morgan fingerprint density at radius 1 is 1.09 bits per heavy atom. The summed E-state index contributed by atoms with van der Waals surface area (Å²) < 4.78 is 26.4. The maximum Gasteiger partial charge on any atom is 0.251 e. The van der Waals surface area contributed by atoms with Crippen LogP contribution < -0.4 is 10.6 Å². The lowest BCUT2D eigenvalue weighted by Crippen LogP contribution is -2.50. The fourth-order valence-electron chi connectivity index (χ4n) is 3.00. The summed E-state index contributed by atoms with van der Waals surface area (Å²) in [7, 11) is 0. The average Bonchev–Trinajstić information content (AvgIpc) is 2.56. The van der Waals surface area contributed by atoms with Crippen LogP contribution in [0.3, 0.4) is 0 Å². The Hall–Kier alpha value is -2.27. The smallest absolute Gasteiger partial charge is 0.251 e. The highest BCUT2D eigenvalue weighted by Gasteiger charge is 2.28. The lowest BCUT2D eigenvalue weighted by atomic mass is 9.86. The van der Waals surface area contributed by atoms with Gasteiger partial charge in [-0.1, -0.05) is 12.1 Å². The van der Waals surface area contributed by atoms with E-state index in [0.29, 0.717) is 12.1 Å². The lowest BCUT2D eigenvalue weighted by Gasteiger charge is -2.33. The largest absolute Gasteiger partial charge is 0.347 e. The highest BCUT2D eigenvalue weighted by atomic mass is 19.1. The molecule has 1 fully saturated rings. The minimum Gasteiger partial charge on any atom is -0.347 e. The molecule has 3 nitrogen and oxygen atoms in total. The normalized spacial score (nSPS) is 21.0. The maximum atomic E-state index is 13.5. The van der Waals surface area contributed by atoms with E-state index in [1.165, 1.54) is 36.4 Å². The van der Waals surface area contributed by atoms with E-state index in [9.17, 15) is 13.6 Å². The van der Waals surface area contributed by atoms with Crippen molar-refractivity contribution in [2.24, 2.45) is 0 Å². The van der Waals surface area contributed by atoms with E-state index in [-0.39, 0.29) is 29.5 Å². The third kappa shape index (κ3) is 3.74. The third-order valence-corrected chi connectivity index (χ3v) is 4.18. The number of rotatable bonds is 3. The van der Waals surface area contributed by atoms with Crippen molar-refractivity contribution in [3.63, 3.8) is 0 Å². The third-order valence-electron chi connectivity index (χ3n) is 4.18. The molecule has 120 valence electrons. The van der Waals surface area contributed by atoms with Gasteiger partial charge in [-0.3, -0.25) is 4.79 Å². The maximum absolute atomic E-state index is 13.5. The van der Waals surface area contributed by atoms with Crippen molar-refractivity contribution >= 4 is 5.91 Å². The molecular formula is C18H18F2N2O. The van der Waals surface area contributed by atoms with Gasteiger partial charge in [0.2, 0.25) is 0 Å². The van der Waals surface area contributed by atoms with Crippen LogP contribution in [-0.2, 0) is 0 Å². The van der Waals surface area contributed by atoms with Crippen molar-refractivity contribution in [1.82, 2.24) is 10.6 Å². The summed E-state index contributed by atoms with van der Waals surface area (Å²) in [6.07, 6.45) is 0.817. The molecule has 2 atom stereocenters. The predicted octanol–water partition coefficient (Wildman–Crippen LogP) is 2.84. The number of piperidine rings is 1. The molecule has 1 saturated heterocycles. The van der Waals surface area contributed by atoms with Crippen molar-refractivity contribution < 1.29 is 13.6 Å². The van der Waals surface area contributed by atoms with Crippen molar-refractivity contribution in [2.45, 2.75) is 18.4 Å². The van der Waals surface area contributed by atoms with Gasteiger partial charge in [-0.15, -0.1) is 0 Å². The van der Waals surface area contributed by atoms with Gasteiger partial charge in [-0.2, -0.15) is 0 Å². The van der Waals surface area contributed by atoms with Crippen LogP contribution in [0.2, 0.25) is 0 Å². The van der Waals surface area contributed by atoms with E-state index in [1.54, 1.807) is 6.07 Å². The van der Waals surface area contributed by atoms with Gasteiger partial charge >= 0.3 is 0 Å². The summed E-state index contributed by atoms with van der Waals surface area (Å²) in [6, 6.07) is 11.8. The first-order valence-electron chi connectivity index (χ1n) is 7.66. The molecule has 3 rings (SSSR count). The second-order valence-electron chi connectivity index (χ2n) is 5.74. The first-order valence-corrected chi connectivity index (χ1v) is 7.66. The molecule has 2 aromatic carbocycles. The molecule has 1 aliphatic heterocycles. The number of carbonyl (C=O) groups is 1. The molecule has 0 radical (unpaired) electrons. The fraction of sp³-hybridized carbons (Fsp3) is 0.278. The number of amides is 1. The van der Waals surface area contributed by atoms with Gasteiger partial charge in [0.05, 0.1) is 0 Å². The molecule has 1 aliphatic rings. The summed E-state index contributed by atoms with van der Waals surface area (Å²) in [5.74, 6) is -0.848. The molecule has 0 aromatic heterocycles. The molecule has 0 bridgehead atoms. The van der Waals surface area contributed by atoms with Crippen LogP contribution in [0.25, 0.3) is 0 Å². The van der Waals surface area contributed by atoms with Crippen LogP contribution >= 0.6 is 0 Å². The number of nitrogens with one attached hydrogen (secondary N) is 2. The molecule has 0 saturated carbocycles. The first kappa shape index (κ1) is 15.6. The molecular weight excluding hydrogens is 298 g/mol. The van der Waals surface area contributed by atoms with E-state index < -0.39 is 0 Å². The van der Waals surface area contributed by atoms with E-state index in [1.807, 2.05) is 6.07 Å². The van der Waals surface area contributed by atoms with E-state index >= 15 is 0 Å². The Balaban J connectivity index is 1.76. The van der Waals surface area contributed by atoms with Crippen molar-refractivity contribution in [3.05, 3.63) is 71.3 Å². The van der Waals surface area contributed by atoms with Gasteiger partial charge in [0.1, 0.15) is 11.6 Å². The highest BCUT2D eigenvalue weighted by molar-refractivity contribution is 5.94. The van der Waals surface area contributed by atoms with Gasteiger partial charge in [-0.05, 0) is 54.9 Å². The van der Waals surface area contributed by atoms with E-state index in [4.69, 9.17) is 0 Å². The number of carbonyl (C=O) groups excluding carboxylic acids is 1. The van der Waals surface area contributed by atoms with Crippen molar-refractivity contribution in [3.8, 4) is 0 Å². The number of benzene rings is 2. The molecule has 2 aromatic rings. The SMILES string of the molecule is O=C(N[C@@H]1CNCC[C@H]1c1cccc(F)c1)c1ccc(F)cc1. The Kier molecular flexibility index (Phi) is 4.67. The average molecular weight is 316 g/mol. The van der Waals surface area contributed by atoms with Gasteiger partial charge in [0, 0.05) is 24.1 Å². The zero-order chi connectivity index (χ0) is 16.2. The van der Waals surface area contributed by atoms with Gasteiger partial charge in [-0.25, -0.2) is 8.78 Å². The quantitative estimate of drug-likeness (QED) is 0.914. The zero-order valence-corrected chi connectivity index (χ0v) is 12.6. The molecule has 2 N–H and O–H groups in total. The van der Waals surface area contributed by atoms with Crippen LogP contribution in [-0.4, -0.2) is 25.0 Å². The minimum absolute atomic E-state index is 0.0522. The Labute approximate surface area is 133 Å². The molecule has 1 heterocycles. The Morgan fingerprint density at radius 2 is 1.87 bits per heavy atom. The number of halogens is 2. The molecule has 1 amide bonds. The predicted molar refractivity (Wildman–Crippen MR) is 84.3 cm³/mol. The summed E-state index contributed by atoms with van der Waals surface area (Å²) in [6.45, 7) is 1.44. The van der Waals surface area contributed by atoms with Crippen molar-refractivity contribution in [1.29, 1.82) is 0 Å². The molecule has 5 heteroatoms. The lowest BCUT2D eigenvalue weighted by molar-refractivity contribution is 0.0924. The highest BCUT2D eigenvalue weighted by Crippen LogP contribution is 2.26. The summed E-state index contributed by atoms with van der Waals surface area (Å²) >= 11 is 0. The first-order chi connectivity index (χ1) is 11.1. The van der Waals surface area contributed by atoms with Crippen molar-refractivity contribution in [2.75, 3.05) is 13.1 Å². The number of hydrogen-bond donors (Lipinski definition) is 2. The summed E-state index contributed by atoms with van der Waals surface area (Å²) in [4.78, 5) is 12.3. The fourth-order valence-corrected chi connectivity index (χ4v) is 3.00. The van der Waals surface area contributed by atoms with Crippen LogP contribution in [0, 0.1) is 11.6 Å². The topological polar surface area (TPSA) is 41.1 Å². The molecule has 0 unspecified atom stereocenters. The van der Waals surface area contributed by atoms with Gasteiger partial charge < -0.3 is 10.6 Å². The minimum atomic E-state index is -0.376. The van der Waals surface area contributed by atoms with Crippen LogP contribution in [0.15, 0.2) is 48.5 Å². The standard InChI is InChI=1S/C18H18F2N2O/c19-14-6-4-12(5-7-14)18(23)22-17-11-21-9-8-16(17)13-2-1-3-15(20)10-13/h1-7,10,16-17,21H,8-9,11H2,(H,22,23)/t16-,17+/m0/s1. The molecule has 23 heavy (non-hydrogen) atoms. The van der Waals surface area contributed by atoms with Crippen LogP contribution in [0.5, 0.6) is 0 Å². The Morgan fingerprint density at radius 3 is 2.61 bits per heavy atom. The van der Waals surface area contributed by atoms with Gasteiger partial charge in [0.25, 0.3) is 5.91 Å².